The first-order valence-corrected chi connectivity index (χ1v) is 27.2. The summed E-state index contributed by atoms with van der Waals surface area (Å²) in [7, 11) is 0. The van der Waals surface area contributed by atoms with Gasteiger partial charge in [0.15, 0.2) is 11.4 Å². The van der Waals surface area contributed by atoms with Crippen LogP contribution in [0.5, 0.6) is 23.0 Å². The Bertz CT molecular complexity index is 3280. The number of fused-ring (bicyclic) bond motifs is 3. The Labute approximate surface area is 448 Å². The number of esters is 1. The molecular weight excluding hydrogens is 971 g/mol. The fourth-order valence-electron chi connectivity index (χ4n) is 12.6. The van der Waals surface area contributed by atoms with Crippen molar-refractivity contribution in [2.45, 2.75) is 97.6 Å². The second-order valence-electron chi connectivity index (χ2n) is 21.6. The largest absolute Gasteiger partial charge is 0.461 e. The van der Waals surface area contributed by atoms with Crippen molar-refractivity contribution >= 4 is 29.6 Å². The van der Waals surface area contributed by atoms with Gasteiger partial charge in [-0.15, -0.1) is 10.2 Å². The summed E-state index contributed by atoms with van der Waals surface area (Å²) in [5.74, 6) is 2.41. The molecule has 1 aliphatic heterocycles. The number of piperidine rings is 1. The third-order valence-corrected chi connectivity index (χ3v) is 16.9. The minimum Gasteiger partial charge on any atom is -0.461 e. The lowest BCUT2D eigenvalue weighted by Gasteiger charge is -2.62. The minimum atomic E-state index is -0.804. The van der Waals surface area contributed by atoms with Gasteiger partial charge in [-0.25, -0.2) is 14.4 Å². The van der Waals surface area contributed by atoms with E-state index in [9.17, 15) is 19.2 Å². The summed E-state index contributed by atoms with van der Waals surface area (Å²) in [5.41, 5.74) is 2.91. The molecule has 4 saturated carbocycles. The van der Waals surface area contributed by atoms with Crippen molar-refractivity contribution in [3.8, 4) is 45.5 Å². The summed E-state index contributed by atoms with van der Waals surface area (Å²) >= 11 is 0. The van der Waals surface area contributed by atoms with E-state index in [2.05, 4.69) is 46.7 Å². The lowest BCUT2D eigenvalue weighted by molar-refractivity contribution is -0.113. The number of para-hydroxylation sites is 4. The van der Waals surface area contributed by atoms with Crippen molar-refractivity contribution in [2.75, 3.05) is 24.6 Å². The first kappa shape index (κ1) is 51.0. The molecule has 4 aliphatic carbocycles. The van der Waals surface area contributed by atoms with Crippen LogP contribution in [0.25, 0.3) is 22.5 Å². The number of carbonyl (C=O) groups is 4. The third-order valence-electron chi connectivity index (χ3n) is 16.9. The predicted molar refractivity (Wildman–Crippen MR) is 291 cm³/mol. The lowest BCUT2D eigenvalue weighted by atomic mass is 9.45. The highest BCUT2D eigenvalue weighted by Crippen LogP contribution is 2.61. The molecule has 0 radical (unpaired) electrons. The summed E-state index contributed by atoms with van der Waals surface area (Å²) in [4.78, 5) is 61.8. The Morgan fingerprint density at radius 3 is 2.03 bits per heavy atom. The number of rotatable bonds is 14. The van der Waals surface area contributed by atoms with Crippen molar-refractivity contribution in [3.05, 3.63) is 150 Å². The molecular formula is C61H65N9O7. The Balaban J connectivity index is 0.847. The first-order valence-electron chi connectivity index (χ1n) is 27.2. The van der Waals surface area contributed by atoms with Crippen molar-refractivity contribution in [1.82, 2.24) is 40.2 Å². The summed E-state index contributed by atoms with van der Waals surface area (Å²) in [6, 6.07) is 39.4. The number of likely N-dealkylation sites (tertiary alicyclic amines) is 1. The Hall–Kier alpha value is -8.14. The van der Waals surface area contributed by atoms with E-state index in [1.54, 1.807) is 24.3 Å². The van der Waals surface area contributed by atoms with E-state index >= 15 is 0 Å². The summed E-state index contributed by atoms with van der Waals surface area (Å²) < 4.78 is 21.1. The van der Waals surface area contributed by atoms with Gasteiger partial charge in [0, 0.05) is 48.4 Å². The Morgan fingerprint density at radius 2 is 1.32 bits per heavy atom. The average Bonchev–Trinajstić information content (AvgIpc) is 4.20. The third kappa shape index (κ3) is 10.1. The number of amides is 3. The number of anilines is 1. The van der Waals surface area contributed by atoms with Gasteiger partial charge in [-0.1, -0.05) is 117 Å². The van der Waals surface area contributed by atoms with Crippen LogP contribution in [0.4, 0.5) is 15.3 Å². The number of benzene rings is 5. The highest BCUT2D eigenvalue weighted by molar-refractivity contribution is 6.03. The van der Waals surface area contributed by atoms with E-state index in [-0.39, 0.29) is 77.7 Å². The van der Waals surface area contributed by atoms with Crippen LogP contribution in [0, 0.1) is 29.1 Å². The lowest BCUT2D eigenvalue weighted by Crippen LogP contribution is -2.60. The Kier molecular flexibility index (Phi) is 14.5. The SMILES string of the molecule is CCN(C(=O)n1nnc(-c2ccccc2Oc2ccccc2)c1C(=O)OCCc1cccc(Oc2ccccc2-c2nnn(C(=O)N3CCCC4CCCCC43)c2C(=O)N[C@H]2C[C@@H]3C[C@H]([C@@H]2C)C3(C)C)c1)c1ccccc1. The zero-order valence-electron chi connectivity index (χ0n) is 44.1. The van der Waals surface area contributed by atoms with E-state index in [1.807, 2.05) is 121 Å². The molecule has 77 heavy (non-hydrogen) atoms. The highest BCUT2D eigenvalue weighted by atomic mass is 16.5. The van der Waals surface area contributed by atoms with E-state index < -0.39 is 12.0 Å². The van der Waals surface area contributed by atoms with Gasteiger partial charge < -0.3 is 24.4 Å². The molecule has 396 valence electrons. The number of hydrogen-bond acceptors (Lipinski definition) is 11. The quantitative estimate of drug-likeness (QED) is 0.103. The van der Waals surface area contributed by atoms with E-state index in [0.717, 1.165) is 48.8 Å². The normalized spacial score (nSPS) is 21.2. The monoisotopic (exact) mass is 1040 g/mol. The van der Waals surface area contributed by atoms with Gasteiger partial charge in [0.05, 0.1) is 6.61 Å². The van der Waals surface area contributed by atoms with Gasteiger partial charge in [0.2, 0.25) is 0 Å². The van der Waals surface area contributed by atoms with Crippen LogP contribution in [0.2, 0.25) is 0 Å². The fourth-order valence-corrected chi connectivity index (χ4v) is 12.6. The number of ether oxygens (including phenoxy) is 3. The standard InChI is InChI=1S/C61H65N9O7/c1-5-67(43-23-8-6-9-24-43)59(73)70-56(54(64-66-70)47-29-14-16-31-51(47)76-44-25-10-7-11-26-44)58(72)75-35-33-40-20-18-27-45(36-40)77-52-32-17-13-28-46(52)53-55(57(71)62-49-38-42-37-48(39(49)2)61(42,3)4)69(65-63-53)60(74)68-34-19-22-41-21-12-15-30-50(41)68/h6-11,13-14,16-18,20,23-29,31-32,36,39,41-42,48-50H,5,12,15,19,21-22,30,33-35,37-38H2,1-4H3,(H,62,71)/t39-,41?,42-,48+,49-,50?/m0/s1. The molecule has 3 amide bonds. The van der Waals surface area contributed by atoms with E-state index in [1.165, 1.54) is 22.4 Å². The zero-order valence-corrected chi connectivity index (χ0v) is 44.1. The molecule has 5 aromatic carbocycles. The number of nitrogens with zero attached hydrogens (tertiary/aromatic N) is 8. The van der Waals surface area contributed by atoms with Crippen LogP contribution >= 0.6 is 0 Å². The molecule has 7 aromatic rings. The maximum absolute atomic E-state index is 14.9. The highest BCUT2D eigenvalue weighted by Gasteiger charge is 2.56. The van der Waals surface area contributed by atoms with Crippen LogP contribution in [-0.2, 0) is 11.2 Å². The molecule has 16 nitrogen and oxygen atoms in total. The minimum absolute atomic E-state index is 0.0533. The van der Waals surface area contributed by atoms with Gasteiger partial charge in [-0.2, -0.15) is 9.36 Å². The second-order valence-corrected chi connectivity index (χ2v) is 21.6. The molecule has 1 N–H and O–H groups in total. The molecule has 5 fully saturated rings. The topological polar surface area (TPSA) is 176 Å². The van der Waals surface area contributed by atoms with Crippen molar-refractivity contribution in [2.24, 2.45) is 29.1 Å². The molecule has 2 aromatic heterocycles. The summed E-state index contributed by atoms with van der Waals surface area (Å²) in [6.07, 6.45) is 8.61. The predicted octanol–water partition coefficient (Wildman–Crippen LogP) is 12.1. The second kappa shape index (κ2) is 21.8. The molecule has 5 aliphatic rings. The number of aromatic nitrogens is 6. The van der Waals surface area contributed by atoms with Crippen molar-refractivity contribution in [1.29, 1.82) is 0 Å². The molecule has 1 saturated heterocycles. The van der Waals surface area contributed by atoms with E-state index in [4.69, 9.17) is 14.2 Å². The summed E-state index contributed by atoms with van der Waals surface area (Å²) in [6.45, 7) is 9.58. The van der Waals surface area contributed by atoms with Crippen LogP contribution in [-0.4, -0.2) is 90.6 Å². The van der Waals surface area contributed by atoms with Crippen molar-refractivity contribution in [3.63, 3.8) is 0 Å². The van der Waals surface area contributed by atoms with Crippen LogP contribution < -0.4 is 19.7 Å². The zero-order chi connectivity index (χ0) is 53.2. The first-order chi connectivity index (χ1) is 37.5. The maximum atomic E-state index is 14.9. The van der Waals surface area contributed by atoms with Crippen LogP contribution in [0.15, 0.2) is 133 Å². The number of nitrogens with one attached hydrogen (secondary N) is 1. The molecule has 6 atom stereocenters. The Morgan fingerprint density at radius 1 is 0.701 bits per heavy atom. The van der Waals surface area contributed by atoms with Crippen LogP contribution in [0.1, 0.15) is 106 Å². The number of carbonyl (C=O) groups excluding carboxylic acids is 4. The van der Waals surface area contributed by atoms with Gasteiger partial charge >= 0.3 is 18.0 Å². The van der Waals surface area contributed by atoms with Crippen molar-refractivity contribution < 1.29 is 33.4 Å². The van der Waals surface area contributed by atoms with E-state index in [0.29, 0.717) is 64.1 Å². The molecule has 0 spiro atoms. The average molecular weight is 1040 g/mol. The van der Waals surface area contributed by atoms with Gasteiger partial charge in [-0.05, 0) is 141 Å². The number of hydrogen-bond donors (Lipinski definition) is 1. The van der Waals surface area contributed by atoms with Gasteiger partial charge in [0.25, 0.3) is 5.91 Å². The van der Waals surface area contributed by atoms with Crippen LogP contribution in [0.3, 0.4) is 0 Å². The fraction of sp³-hybridized carbons (Fsp3) is 0.377. The van der Waals surface area contributed by atoms with Gasteiger partial charge in [-0.3, -0.25) is 9.69 Å². The molecule has 16 heteroatoms. The molecule has 3 heterocycles. The van der Waals surface area contributed by atoms with Gasteiger partial charge in [0.1, 0.15) is 34.4 Å². The molecule has 2 bridgehead atoms. The molecule has 12 rings (SSSR count). The smallest absolute Gasteiger partial charge is 0.359 e. The maximum Gasteiger partial charge on any atom is 0.359 e. The molecule has 2 unspecified atom stereocenters. The summed E-state index contributed by atoms with van der Waals surface area (Å²) in [5, 5.41) is 21.1.